The monoisotopic (exact) mass is 434 g/mol. The predicted molar refractivity (Wildman–Crippen MR) is 120 cm³/mol. The number of fused-ring (bicyclic) bond motifs is 1. The molecule has 9 heteroatoms. The van der Waals surface area contributed by atoms with Gasteiger partial charge in [0, 0.05) is 46.9 Å². The average molecular weight is 435 g/mol. The molecule has 2 unspecified atom stereocenters. The number of nitrogens with one attached hydrogen (secondary N) is 3. The van der Waals surface area contributed by atoms with Gasteiger partial charge in [-0.15, -0.1) is 11.3 Å². The summed E-state index contributed by atoms with van der Waals surface area (Å²) in [5.41, 5.74) is 8.94. The SMILES string of the molecule is CC(NC(=O)C(Cc1c[nH]c2ccccc12)NC(N)=O)c1nc(-c2cccnc2)cs1. The Balaban J connectivity index is 1.48. The highest BCUT2D eigenvalue weighted by molar-refractivity contribution is 7.10. The van der Waals surface area contributed by atoms with Gasteiger partial charge in [-0.1, -0.05) is 18.2 Å². The number of urea groups is 1. The van der Waals surface area contributed by atoms with E-state index in [1.54, 1.807) is 12.4 Å². The number of carbonyl (C=O) groups is 2. The largest absolute Gasteiger partial charge is 0.361 e. The third kappa shape index (κ3) is 4.72. The van der Waals surface area contributed by atoms with Crippen LogP contribution in [0.2, 0.25) is 0 Å². The molecule has 3 heterocycles. The first-order valence-corrected chi connectivity index (χ1v) is 10.7. The molecule has 4 rings (SSSR count). The highest BCUT2D eigenvalue weighted by Crippen LogP contribution is 2.25. The summed E-state index contributed by atoms with van der Waals surface area (Å²) in [4.78, 5) is 36.4. The molecule has 5 N–H and O–H groups in total. The van der Waals surface area contributed by atoms with Crippen molar-refractivity contribution in [2.45, 2.75) is 25.4 Å². The van der Waals surface area contributed by atoms with Crippen molar-refractivity contribution >= 4 is 34.2 Å². The molecule has 3 amide bonds. The lowest BCUT2D eigenvalue weighted by Gasteiger charge is -2.19. The standard InChI is InChI=1S/C22H22N6O2S/c1-13(21-27-19(12-31-21)14-5-4-8-24-10-14)26-20(29)18(28-22(23)30)9-15-11-25-17-7-3-2-6-16(15)17/h2-8,10-13,18,25H,9H2,1H3,(H,26,29)(H3,23,28,30). The molecule has 4 aromatic rings. The number of para-hydroxylation sites is 1. The zero-order valence-corrected chi connectivity index (χ0v) is 17.6. The fourth-order valence-corrected chi connectivity index (χ4v) is 4.25. The van der Waals surface area contributed by atoms with Gasteiger partial charge in [0.1, 0.15) is 11.0 Å². The van der Waals surface area contributed by atoms with Crippen LogP contribution in [0.15, 0.2) is 60.4 Å². The van der Waals surface area contributed by atoms with Crippen LogP contribution < -0.4 is 16.4 Å². The van der Waals surface area contributed by atoms with Gasteiger partial charge in [-0.2, -0.15) is 0 Å². The molecule has 2 atom stereocenters. The van der Waals surface area contributed by atoms with Crippen molar-refractivity contribution in [3.63, 3.8) is 0 Å². The number of rotatable bonds is 7. The van der Waals surface area contributed by atoms with Crippen LogP contribution in [0, 0.1) is 0 Å². The summed E-state index contributed by atoms with van der Waals surface area (Å²) in [6.45, 7) is 1.86. The summed E-state index contributed by atoms with van der Waals surface area (Å²) in [6, 6.07) is 9.69. The summed E-state index contributed by atoms with van der Waals surface area (Å²) in [5, 5.41) is 9.19. The van der Waals surface area contributed by atoms with Crippen LogP contribution in [-0.2, 0) is 11.2 Å². The number of pyridine rings is 1. The van der Waals surface area contributed by atoms with Crippen LogP contribution >= 0.6 is 11.3 Å². The number of aromatic amines is 1. The average Bonchev–Trinajstić information content (AvgIpc) is 3.41. The van der Waals surface area contributed by atoms with E-state index >= 15 is 0 Å². The molecular weight excluding hydrogens is 412 g/mol. The van der Waals surface area contributed by atoms with Gasteiger partial charge in [-0.3, -0.25) is 9.78 Å². The lowest BCUT2D eigenvalue weighted by atomic mass is 10.0. The van der Waals surface area contributed by atoms with Gasteiger partial charge < -0.3 is 21.4 Å². The molecule has 0 fully saturated rings. The summed E-state index contributed by atoms with van der Waals surface area (Å²) in [6.07, 6.45) is 5.61. The topological polar surface area (TPSA) is 126 Å². The molecule has 0 radical (unpaired) electrons. The molecule has 0 aliphatic heterocycles. The van der Waals surface area contributed by atoms with Gasteiger partial charge >= 0.3 is 6.03 Å². The first kappa shape index (κ1) is 20.5. The number of nitrogens with zero attached hydrogens (tertiary/aromatic N) is 2. The number of amides is 3. The Labute approximate surface area is 182 Å². The first-order chi connectivity index (χ1) is 15.0. The fourth-order valence-electron chi connectivity index (χ4n) is 3.41. The molecule has 158 valence electrons. The normalized spacial score (nSPS) is 12.9. The third-order valence-corrected chi connectivity index (χ3v) is 5.97. The van der Waals surface area contributed by atoms with Crippen molar-refractivity contribution < 1.29 is 9.59 Å². The quantitative estimate of drug-likeness (QED) is 0.356. The Hall–Kier alpha value is -3.72. The predicted octanol–water partition coefficient (Wildman–Crippen LogP) is 3.14. The van der Waals surface area contributed by atoms with E-state index in [9.17, 15) is 9.59 Å². The highest BCUT2D eigenvalue weighted by Gasteiger charge is 2.24. The van der Waals surface area contributed by atoms with E-state index in [-0.39, 0.29) is 11.9 Å². The number of hydrogen-bond acceptors (Lipinski definition) is 5. The Bertz CT molecular complexity index is 1200. The van der Waals surface area contributed by atoms with Crippen molar-refractivity contribution in [1.82, 2.24) is 25.6 Å². The maximum atomic E-state index is 13.0. The second-order valence-corrected chi connectivity index (χ2v) is 8.06. The molecule has 0 bridgehead atoms. The third-order valence-electron chi connectivity index (χ3n) is 4.94. The molecule has 1 aromatic carbocycles. The van der Waals surface area contributed by atoms with Crippen LogP contribution in [0.3, 0.4) is 0 Å². The molecule has 0 saturated heterocycles. The van der Waals surface area contributed by atoms with E-state index in [1.807, 2.05) is 54.9 Å². The van der Waals surface area contributed by atoms with Crippen molar-refractivity contribution in [3.8, 4) is 11.3 Å². The van der Waals surface area contributed by atoms with Crippen LogP contribution in [0.4, 0.5) is 4.79 Å². The van der Waals surface area contributed by atoms with E-state index < -0.39 is 12.1 Å². The van der Waals surface area contributed by atoms with Gasteiger partial charge in [0.15, 0.2) is 0 Å². The minimum atomic E-state index is -0.808. The number of primary amides is 1. The van der Waals surface area contributed by atoms with Crippen molar-refractivity contribution in [2.75, 3.05) is 0 Å². The Morgan fingerprint density at radius 3 is 2.81 bits per heavy atom. The summed E-state index contributed by atoms with van der Waals surface area (Å²) >= 11 is 1.46. The maximum Gasteiger partial charge on any atom is 0.312 e. The number of hydrogen-bond donors (Lipinski definition) is 4. The molecule has 0 saturated carbocycles. The van der Waals surface area contributed by atoms with Crippen LogP contribution in [0.1, 0.15) is 23.5 Å². The van der Waals surface area contributed by atoms with Gasteiger partial charge in [0.05, 0.1) is 11.7 Å². The summed E-state index contributed by atoms with van der Waals surface area (Å²) in [7, 11) is 0. The first-order valence-electron chi connectivity index (χ1n) is 9.78. The number of H-pyrrole nitrogens is 1. The van der Waals surface area contributed by atoms with Gasteiger partial charge in [-0.25, -0.2) is 9.78 Å². The zero-order chi connectivity index (χ0) is 21.8. The molecule has 31 heavy (non-hydrogen) atoms. The minimum absolute atomic E-state index is 0.310. The van der Waals surface area contributed by atoms with E-state index in [0.29, 0.717) is 6.42 Å². The number of nitrogens with two attached hydrogens (primary N) is 1. The van der Waals surface area contributed by atoms with E-state index in [2.05, 4.69) is 25.6 Å². The number of carbonyl (C=O) groups excluding carboxylic acids is 2. The minimum Gasteiger partial charge on any atom is -0.361 e. The molecule has 0 aliphatic carbocycles. The van der Waals surface area contributed by atoms with Gasteiger partial charge in [0.25, 0.3) is 0 Å². The second-order valence-electron chi connectivity index (χ2n) is 7.17. The summed E-state index contributed by atoms with van der Waals surface area (Å²) < 4.78 is 0. The van der Waals surface area contributed by atoms with Gasteiger partial charge in [-0.05, 0) is 30.7 Å². The lowest BCUT2D eigenvalue weighted by molar-refractivity contribution is -0.123. The van der Waals surface area contributed by atoms with Gasteiger partial charge in [0.2, 0.25) is 5.91 Å². The highest BCUT2D eigenvalue weighted by atomic mass is 32.1. The van der Waals surface area contributed by atoms with Crippen LogP contribution in [0.25, 0.3) is 22.2 Å². The molecular formula is C22H22N6O2S. The number of benzene rings is 1. The smallest absolute Gasteiger partial charge is 0.312 e. The number of thiazole rings is 1. The van der Waals surface area contributed by atoms with E-state index in [4.69, 9.17) is 5.73 Å². The Kier molecular flexibility index (Phi) is 5.94. The van der Waals surface area contributed by atoms with E-state index in [0.717, 1.165) is 32.7 Å². The molecule has 0 aliphatic rings. The Morgan fingerprint density at radius 1 is 1.19 bits per heavy atom. The molecule has 8 nitrogen and oxygen atoms in total. The van der Waals surface area contributed by atoms with E-state index in [1.165, 1.54) is 11.3 Å². The lowest BCUT2D eigenvalue weighted by Crippen LogP contribution is -2.50. The number of aromatic nitrogens is 3. The summed E-state index contributed by atoms with van der Waals surface area (Å²) in [5.74, 6) is -0.324. The Morgan fingerprint density at radius 2 is 2.03 bits per heavy atom. The van der Waals surface area contributed by atoms with Crippen molar-refractivity contribution in [2.24, 2.45) is 5.73 Å². The van der Waals surface area contributed by atoms with Crippen LogP contribution in [0.5, 0.6) is 0 Å². The second kappa shape index (κ2) is 8.97. The van der Waals surface area contributed by atoms with Crippen molar-refractivity contribution in [1.29, 1.82) is 0 Å². The van der Waals surface area contributed by atoms with Crippen LogP contribution in [-0.4, -0.2) is 32.9 Å². The fraction of sp³-hybridized carbons (Fsp3) is 0.182. The molecule has 3 aromatic heterocycles. The zero-order valence-electron chi connectivity index (χ0n) is 16.8. The maximum absolute atomic E-state index is 13.0. The van der Waals surface area contributed by atoms with Crippen molar-refractivity contribution in [3.05, 3.63) is 70.9 Å². The molecule has 0 spiro atoms.